The van der Waals surface area contributed by atoms with Gasteiger partial charge in [0.15, 0.2) is 0 Å². The van der Waals surface area contributed by atoms with Crippen LogP contribution in [-0.2, 0) is 16.4 Å². The topological polar surface area (TPSA) is 18.5 Å². The number of hydrogen-bond donors (Lipinski definition) is 0. The van der Waals surface area contributed by atoms with Crippen LogP contribution < -0.4 is 5.46 Å². The fraction of sp³-hybridized carbons (Fsp3) is 0.250. The van der Waals surface area contributed by atoms with Gasteiger partial charge < -0.3 is 0 Å². The van der Waals surface area contributed by atoms with Gasteiger partial charge in [0.2, 0.25) is 0 Å². The number of rotatable bonds is 3. The van der Waals surface area contributed by atoms with E-state index in [9.17, 15) is 0 Å². The normalized spacial score (nSPS) is 9.91. The average Bonchev–Trinajstić information content (AvgIpc) is 2.04. The lowest BCUT2D eigenvalue weighted by atomic mass is 9.95. The van der Waals surface area contributed by atoms with Crippen molar-refractivity contribution in [1.29, 1.82) is 0 Å². The minimum atomic E-state index is 0.511. The highest BCUT2D eigenvalue weighted by Gasteiger charge is 1.90. The maximum atomic E-state index is 4.76. The molecule has 0 aliphatic rings. The second-order valence-electron chi connectivity index (χ2n) is 2.41. The van der Waals surface area contributed by atoms with E-state index in [2.05, 4.69) is 12.7 Å². The molecular weight excluding hydrogens is 139 g/mol. The lowest BCUT2D eigenvalue weighted by Crippen LogP contribution is -2.01. The fourth-order valence-electron chi connectivity index (χ4n) is 0.811. The molecule has 0 radical (unpaired) electrons. The summed E-state index contributed by atoms with van der Waals surface area (Å²) in [7, 11) is 3.56. The molecular formula is C8H11BO2. The third-order valence-corrected chi connectivity index (χ3v) is 1.46. The minimum absolute atomic E-state index is 0.511. The standard InChI is InChI=1S/C8H11BO2/c1-10-11-6-7-2-4-8(9)5-3-7/h2-5H,6,9H2,1H3. The molecule has 0 amide bonds. The predicted molar refractivity (Wildman–Crippen MR) is 46.4 cm³/mol. The van der Waals surface area contributed by atoms with Crippen LogP contribution in [-0.4, -0.2) is 15.0 Å². The molecule has 0 atom stereocenters. The van der Waals surface area contributed by atoms with E-state index in [1.54, 1.807) is 0 Å². The van der Waals surface area contributed by atoms with Gasteiger partial charge in [-0.15, -0.1) is 0 Å². The monoisotopic (exact) mass is 150 g/mol. The van der Waals surface area contributed by atoms with E-state index in [0.717, 1.165) is 5.56 Å². The first-order valence-corrected chi connectivity index (χ1v) is 3.54. The molecule has 11 heavy (non-hydrogen) atoms. The van der Waals surface area contributed by atoms with Gasteiger partial charge in [-0.2, -0.15) is 0 Å². The van der Waals surface area contributed by atoms with Gasteiger partial charge in [0.05, 0.1) is 7.11 Å². The van der Waals surface area contributed by atoms with E-state index in [-0.39, 0.29) is 0 Å². The van der Waals surface area contributed by atoms with E-state index in [1.165, 1.54) is 12.6 Å². The van der Waals surface area contributed by atoms with Crippen LogP contribution in [0.3, 0.4) is 0 Å². The third kappa shape index (κ3) is 2.74. The molecule has 3 heteroatoms. The Bertz CT molecular complexity index is 208. The highest BCUT2D eigenvalue weighted by atomic mass is 17.2. The maximum absolute atomic E-state index is 4.76. The summed E-state index contributed by atoms with van der Waals surface area (Å²) in [6.07, 6.45) is 0. The zero-order valence-corrected chi connectivity index (χ0v) is 6.83. The molecule has 0 unspecified atom stereocenters. The Kier molecular flexibility index (Phi) is 3.14. The van der Waals surface area contributed by atoms with Crippen LogP contribution in [0.5, 0.6) is 0 Å². The highest BCUT2D eigenvalue weighted by Crippen LogP contribution is 1.98. The Morgan fingerprint density at radius 2 is 1.91 bits per heavy atom. The number of benzene rings is 1. The van der Waals surface area contributed by atoms with Crippen molar-refractivity contribution in [2.45, 2.75) is 6.61 Å². The third-order valence-electron chi connectivity index (χ3n) is 1.46. The first-order chi connectivity index (χ1) is 5.33. The van der Waals surface area contributed by atoms with Gasteiger partial charge in [0.25, 0.3) is 0 Å². The molecule has 0 bridgehead atoms. The van der Waals surface area contributed by atoms with Gasteiger partial charge in [-0.25, -0.2) is 9.78 Å². The molecule has 0 fully saturated rings. The van der Waals surface area contributed by atoms with Crippen molar-refractivity contribution >= 4 is 13.3 Å². The molecule has 58 valence electrons. The summed E-state index contributed by atoms with van der Waals surface area (Å²) in [4.78, 5) is 9.24. The highest BCUT2D eigenvalue weighted by molar-refractivity contribution is 6.32. The summed E-state index contributed by atoms with van der Waals surface area (Å²) in [5.41, 5.74) is 2.38. The van der Waals surface area contributed by atoms with Gasteiger partial charge in [-0.3, -0.25) is 0 Å². The van der Waals surface area contributed by atoms with E-state index < -0.39 is 0 Å². The fourth-order valence-corrected chi connectivity index (χ4v) is 0.811. The van der Waals surface area contributed by atoms with E-state index in [1.807, 2.05) is 24.3 Å². The Hall–Kier alpha value is -0.795. The molecule has 1 rings (SSSR count). The van der Waals surface area contributed by atoms with Crippen molar-refractivity contribution in [3.05, 3.63) is 29.8 Å². The summed E-state index contributed by atoms with van der Waals surface area (Å²) in [5.74, 6) is 0. The zero-order valence-electron chi connectivity index (χ0n) is 6.83. The lowest BCUT2D eigenvalue weighted by Gasteiger charge is -1.99. The average molecular weight is 150 g/mol. The molecule has 1 aromatic carbocycles. The second kappa shape index (κ2) is 4.16. The Morgan fingerprint density at radius 3 is 2.45 bits per heavy atom. The molecule has 0 N–H and O–H groups in total. The van der Waals surface area contributed by atoms with Crippen molar-refractivity contribution in [1.82, 2.24) is 0 Å². The van der Waals surface area contributed by atoms with Crippen LogP contribution in [0.25, 0.3) is 0 Å². The lowest BCUT2D eigenvalue weighted by molar-refractivity contribution is -0.282. The summed E-state index contributed by atoms with van der Waals surface area (Å²) >= 11 is 0. The first-order valence-electron chi connectivity index (χ1n) is 3.54. The van der Waals surface area contributed by atoms with Gasteiger partial charge in [-0.1, -0.05) is 29.7 Å². The van der Waals surface area contributed by atoms with Crippen LogP contribution in [0.4, 0.5) is 0 Å². The van der Waals surface area contributed by atoms with Crippen LogP contribution in [0, 0.1) is 0 Å². The molecule has 0 heterocycles. The van der Waals surface area contributed by atoms with Crippen molar-refractivity contribution < 1.29 is 9.78 Å². The smallest absolute Gasteiger partial charge is 0.139 e. The van der Waals surface area contributed by atoms with Gasteiger partial charge in [0.1, 0.15) is 14.5 Å². The van der Waals surface area contributed by atoms with Gasteiger partial charge >= 0.3 is 0 Å². The summed E-state index contributed by atoms with van der Waals surface area (Å²) in [5, 5.41) is 0. The first kappa shape index (κ1) is 8.30. The van der Waals surface area contributed by atoms with Crippen molar-refractivity contribution in [2.24, 2.45) is 0 Å². The molecule has 0 aromatic heterocycles. The SMILES string of the molecule is Bc1ccc(COOC)cc1. The Balaban J connectivity index is 2.52. The number of hydrogen-bond acceptors (Lipinski definition) is 2. The maximum Gasteiger partial charge on any atom is 0.139 e. The quantitative estimate of drug-likeness (QED) is 0.343. The van der Waals surface area contributed by atoms with Crippen molar-refractivity contribution in [3.8, 4) is 0 Å². The van der Waals surface area contributed by atoms with E-state index in [4.69, 9.17) is 4.89 Å². The largest absolute Gasteiger partial charge is 0.240 e. The Labute approximate surface area is 67.5 Å². The van der Waals surface area contributed by atoms with Crippen LogP contribution in [0.2, 0.25) is 0 Å². The molecule has 0 aliphatic heterocycles. The second-order valence-corrected chi connectivity index (χ2v) is 2.41. The van der Waals surface area contributed by atoms with Gasteiger partial charge in [-0.05, 0) is 5.56 Å². The molecule has 2 nitrogen and oxygen atoms in total. The molecule has 1 aromatic rings. The van der Waals surface area contributed by atoms with Crippen LogP contribution >= 0.6 is 0 Å². The van der Waals surface area contributed by atoms with Crippen molar-refractivity contribution in [2.75, 3.05) is 7.11 Å². The van der Waals surface area contributed by atoms with Crippen LogP contribution in [0.1, 0.15) is 5.56 Å². The van der Waals surface area contributed by atoms with Gasteiger partial charge in [0, 0.05) is 0 Å². The summed E-state index contributed by atoms with van der Waals surface area (Å²) in [6, 6.07) is 8.14. The van der Waals surface area contributed by atoms with E-state index in [0.29, 0.717) is 6.61 Å². The Morgan fingerprint density at radius 1 is 1.27 bits per heavy atom. The predicted octanol–water partition coefficient (Wildman–Crippen LogP) is 0.0230. The summed E-state index contributed by atoms with van der Waals surface area (Å²) < 4.78 is 0. The molecule has 0 aliphatic carbocycles. The minimum Gasteiger partial charge on any atom is -0.240 e. The molecule has 0 spiro atoms. The molecule has 0 saturated heterocycles. The van der Waals surface area contributed by atoms with Crippen LogP contribution in [0.15, 0.2) is 24.3 Å². The molecule has 0 saturated carbocycles. The summed E-state index contributed by atoms with van der Waals surface area (Å²) in [6.45, 7) is 0.511. The van der Waals surface area contributed by atoms with E-state index >= 15 is 0 Å². The van der Waals surface area contributed by atoms with Crippen molar-refractivity contribution in [3.63, 3.8) is 0 Å². The zero-order chi connectivity index (χ0) is 8.10.